The third-order valence-corrected chi connectivity index (χ3v) is 4.02. The van der Waals surface area contributed by atoms with Crippen LogP contribution >= 0.6 is 11.8 Å². The van der Waals surface area contributed by atoms with Crippen LogP contribution in [0.3, 0.4) is 0 Å². The van der Waals surface area contributed by atoms with Crippen LogP contribution in [0.25, 0.3) is 0 Å². The van der Waals surface area contributed by atoms with Crippen molar-refractivity contribution in [3.05, 3.63) is 24.3 Å². The lowest BCUT2D eigenvalue weighted by Gasteiger charge is -2.08. The van der Waals surface area contributed by atoms with Crippen LogP contribution in [0.15, 0.2) is 34.1 Å². The van der Waals surface area contributed by atoms with Crippen molar-refractivity contribution in [3.63, 3.8) is 0 Å². The number of nitrogens with one attached hydrogen (secondary N) is 1. The van der Waals surface area contributed by atoms with Gasteiger partial charge < -0.3 is 5.73 Å². The Morgan fingerprint density at radius 1 is 1.22 bits per heavy atom. The van der Waals surface area contributed by atoms with E-state index in [1.807, 2.05) is 0 Å². The predicted molar refractivity (Wildman–Crippen MR) is 62.6 cm³/mol. The van der Waals surface area contributed by atoms with Crippen molar-refractivity contribution in [1.82, 2.24) is 4.72 Å². The minimum atomic E-state index is -4.39. The fourth-order valence-corrected chi connectivity index (χ4v) is 2.68. The molecule has 0 amide bonds. The molecule has 0 aliphatic heterocycles. The van der Waals surface area contributed by atoms with E-state index in [1.54, 1.807) is 0 Å². The van der Waals surface area contributed by atoms with E-state index in [0.717, 1.165) is 24.3 Å². The standard InChI is InChI=1S/C9H11F3N2O2S2/c10-9(11,12)17-7-1-3-8(4-2-7)18(15,16)14-6-5-13/h1-4,14H,5-6,13H2. The molecule has 102 valence electrons. The summed E-state index contributed by atoms with van der Waals surface area (Å²) in [6.07, 6.45) is 0. The molecule has 0 saturated heterocycles. The smallest absolute Gasteiger partial charge is 0.329 e. The molecule has 0 spiro atoms. The zero-order valence-electron chi connectivity index (χ0n) is 9.07. The van der Waals surface area contributed by atoms with Gasteiger partial charge in [0.25, 0.3) is 0 Å². The van der Waals surface area contributed by atoms with E-state index in [1.165, 1.54) is 0 Å². The van der Waals surface area contributed by atoms with E-state index in [4.69, 9.17) is 5.73 Å². The second-order valence-corrected chi connectivity index (χ2v) is 6.11. The zero-order valence-corrected chi connectivity index (χ0v) is 10.7. The molecule has 0 unspecified atom stereocenters. The largest absolute Gasteiger partial charge is 0.446 e. The van der Waals surface area contributed by atoms with Crippen molar-refractivity contribution < 1.29 is 21.6 Å². The fourth-order valence-electron chi connectivity index (χ4n) is 1.10. The third kappa shape index (κ3) is 4.84. The quantitative estimate of drug-likeness (QED) is 0.809. The Bertz CT molecular complexity index is 486. The Kier molecular flexibility index (Phi) is 5.02. The molecule has 1 aromatic carbocycles. The molecule has 0 aromatic heterocycles. The molecular formula is C9H11F3N2O2S2. The molecule has 0 aliphatic carbocycles. The summed E-state index contributed by atoms with van der Waals surface area (Å²) in [7, 11) is -3.70. The lowest BCUT2D eigenvalue weighted by molar-refractivity contribution is -0.0328. The molecule has 0 atom stereocenters. The molecule has 9 heteroatoms. The summed E-state index contributed by atoms with van der Waals surface area (Å²) in [6.45, 7) is 0.211. The summed E-state index contributed by atoms with van der Waals surface area (Å²) in [4.78, 5) is -0.164. The molecule has 1 rings (SSSR count). The molecule has 3 N–H and O–H groups in total. The molecule has 4 nitrogen and oxygen atoms in total. The van der Waals surface area contributed by atoms with Crippen molar-refractivity contribution in [3.8, 4) is 0 Å². The first-order chi connectivity index (χ1) is 8.24. The summed E-state index contributed by atoms with van der Waals surface area (Å²) >= 11 is -0.297. The minimum absolute atomic E-state index is 0.0692. The highest BCUT2D eigenvalue weighted by atomic mass is 32.2. The van der Waals surface area contributed by atoms with Gasteiger partial charge in [0.2, 0.25) is 10.0 Å². The highest BCUT2D eigenvalue weighted by Crippen LogP contribution is 2.36. The van der Waals surface area contributed by atoms with Gasteiger partial charge in [-0.3, -0.25) is 0 Å². The van der Waals surface area contributed by atoms with E-state index in [2.05, 4.69) is 4.72 Å². The summed E-state index contributed by atoms with van der Waals surface area (Å²) < 4.78 is 61.6. The van der Waals surface area contributed by atoms with Crippen molar-refractivity contribution in [2.45, 2.75) is 15.3 Å². The maximum Gasteiger partial charge on any atom is 0.446 e. The average Bonchev–Trinajstić information content (AvgIpc) is 2.25. The first kappa shape index (κ1) is 15.3. The van der Waals surface area contributed by atoms with E-state index in [0.29, 0.717) is 0 Å². The molecular weight excluding hydrogens is 289 g/mol. The Morgan fingerprint density at radius 3 is 2.22 bits per heavy atom. The Morgan fingerprint density at radius 2 is 1.78 bits per heavy atom. The minimum Gasteiger partial charge on any atom is -0.329 e. The molecule has 0 bridgehead atoms. The van der Waals surface area contributed by atoms with Gasteiger partial charge in [-0.2, -0.15) is 13.2 Å². The highest BCUT2D eigenvalue weighted by Gasteiger charge is 2.29. The van der Waals surface area contributed by atoms with Crippen LogP contribution < -0.4 is 10.5 Å². The summed E-state index contributed by atoms with van der Waals surface area (Å²) in [5.74, 6) is 0. The second kappa shape index (κ2) is 5.91. The number of hydrogen-bond acceptors (Lipinski definition) is 4. The van der Waals surface area contributed by atoms with Crippen LogP contribution in [0.5, 0.6) is 0 Å². The summed E-state index contributed by atoms with van der Waals surface area (Å²) in [5.41, 5.74) is 0.761. The molecule has 0 radical (unpaired) electrons. The van der Waals surface area contributed by atoms with Crippen LogP contribution in [0.1, 0.15) is 0 Å². The number of sulfonamides is 1. The number of rotatable bonds is 5. The number of hydrogen-bond donors (Lipinski definition) is 2. The molecule has 0 heterocycles. The Balaban J connectivity index is 2.83. The first-order valence-corrected chi connectivity index (χ1v) is 7.10. The molecule has 18 heavy (non-hydrogen) atoms. The fraction of sp³-hybridized carbons (Fsp3) is 0.333. The van der Waals surface area contributed by atoms with Gasteiger partial charge in [0.1, 0.15) is 0 Å². The van der Waals surface area contributed by atoms with Gasteiger partial charge in [0.15, 0.2) is 0 Å². The number of halogens is 3. The predicted octanol–water partition coefficient (Wildman–Crippen LogP) is 1.54. The van der Waals surface area contributed by atoms with Gasteiger partial charge in [-0.05, 0) is 36.0 Å². The van der Waals surface area contributed by atoms with Crippen LogP contribution in [0.4, 0.5) is 13.2 Å². The zero-order chi connectivity index (χ0) is 13.8. The topological polar surface area (TPSA) is 72.2 Å². The summed E-state index contributed by atoms with van der Waals surface area (Å²) in [5, 5.41) is 0. The number of benzene rings is 1. The van der Waals surface area contributed by atoms with Crippen LogP contribution in [-0.2, 0) is 10.0 Å². The van der Waals surface area contributed by atoms with E-state index < -0.39 is 15.5 Å². The maximum atomic E-state index is 12.1. The molecule has 0 aliphatic rings. The first-order valence-electron chi connectivity index (χ1n) is 4.80. The van der Waals surface area contributed by atoms with E-state index in [9.17, 15) is 21.6 Å². The Hall–Kier alpha value is -0.770. The number of thioether (sulfide) groups is 1. The molecule has 0 fully saturated rings. The summed E-state index contributed by atoms with van der Waals surface area (Å²) in [6, 6.07) is 4.45. The maximum absolute atomic E-state index is 12.1. The van der Waals surface area contributed by atoms with Gasteiger partial charge in [0, 0.05) is 18.0 Å². The molecule has 0 saturated carbocycles. The van der Waals surface area contributed by atoms with Gasteiger partial charge in [-0.1, -0.05) is 0 Å². The molecule has 1 aromatic rings. The normalized spacial score (nSPS) is 12.7. The van der Waals surface area contributed by atoms with Crippen LogP contribution in [0.2, 0.25) is 0 Å². The van der Waals surface area contributed by atoms with Crippen molar-refractivity contribution in [2.24, 2.45) is 5.73 Å². The van der Waals surface area contributed by atoms with Gasteiger partial charge in [-0.25, -0.2) is 13.1 Å². The second-order valence-electron chi connectivity index (χ2n) is 3.21. The third-order valence-electron chi connectivity index (χ3n) is 1.80. The van der Waals surface area contributed by atoms with Gasteiger partial charge >= 0.3 is 5.51 Å². The number of nitrogens with two attached hydrogens (primary N) is 1. The monoisotopic (exact) mass is 300 g/mol. The van der Waals surface area contributed by atoms with E-state index in [-0.39, 0.29) is 34.6 Å². The lowest BCUT2D eigenvalue weighted by atomic mass is 10.4. The van der Waals surface area contributed by atoms with Crippen molar-refractivity contribution in [2.75, 3.05) is 13.1 Å². The van der Waals surface area contributed by atoms with Crippen LogP contribution in [-0.4, -0.2) is 27.0 Å². The van der Waals surface area contributed by atoms with E-state index >= 15 is 0 Å². The highest BCUT2D eigenvalue weighted by molar-refractivity contribution is 8.00. The van der Waals surface area contributed by atoms with Gasteiger partial charge in [-0.15, -0.1) is 0 Å². The van der Waals surface area contributed by atoms with Crippen molar-refractivity contribution in [1.29, 1.82) is 0 Å². The van der Waals surface area contributed by atoms with Crippen molar-refractivity contribution >= 4 is 21.8 Å². The van der Waals surface area contributed by atoms with Gasteiger partial charge in [0.05, 0.1) is 4.90 Å². The number of alkyl halides is 3. The van der Waals surface area contributed by atoms with Crippen LogP contribution in [0, 0.1) is 0 Å². The SMILES string of the molecule is NCCNS(=O)(=O)c1ccc(SC(F)(F)F)cc1. The Labute approximate surface area is 107 Å². The lowest BCUT2D eigenvalue weighted by Crippen LogP contribution is -2.29. The average molecular weight is 300 g/mol.